The first-order chi connectivity index (χ1) is 19.4. The number of nitrogens with zero attached hydrogens (tertiary/aromatic N) is 3. The molecule has 0 fully saturated rings. The number of fused-ring (bicyclic) bond motifs is 1. The van der Waals surface area contributed by atoms with Crippen molar-refractivity contribution in [3.63, 3.8) is 0 Å². The molecular formula is C29H24N4O6S. The number of hydrogen-bond donors (Lipinski definition) is 1. The van der Waals surface area contributed by atoms with Crippen LogP contribution in [0.4, 0.5) is 16.4 Å². The average molecular weight is 557 g/mol. The van der Waals surface area contributed by atoms with E-state index in [4.69, 9.17) is 4.74 Å². The topological polar surface area (TPSA) is 137 Å². The molecule has 0 unspecified atom stereocenters. The SMILES string of the molecule is O=C(NCc1ccccc1)c1c(N=Cc2ccccc2Oc2ccc([N+](=O)[O-])cc2[N+](=O)[O-])sc2c1CCCC2. The van der Waals surface area contributed by atoms with Gasteiger partial charge in [0.25, 0.3) is 11.6 Å². The smallest absolute Gasteiger partial charge is 0.318 e. The summed E-state index contributed by atoms with van der Waals surface area (Å²) < 4.78 is 5.84. The molecule has 40 heavy (non-hydrogen) atoms. The van der Waals surface area contributed by atoms with E-state index in [-0.39, 0.29) is 17.4 Å². The van der Waals surface area contributed by atoms with Crippen LogP contribution >= 0.6 is 11.3 Å². The number of non-ortho nitro benzene ring substituents is 1. The fraction of sp³-hybridized carbons (Fsp3) is 0.172. The van der Waals surface area contributed by atoms with Crippen LogP contribution in [0.25, 0.3) is 0 Å². The van der Waals surface area contributed by atoms with Crippen molar-refractivity contribution in [2.75, 3.05) is 0 Å². The zero-order valence-electron chi connectivity index (χ0n) is 21.2. The number of nitro groups is 2. The molecule has 0 saturated carbocycles. The fourth-order valence-electron chi connectivity index (χ4n) is 4.52. The molecule has 1 amide bonds. The number of hydrogen-bond acceptors (Lipinski definition) is 8. The number of carbonyl (C=O) groups excluding carboxylic acids is 1. The Morgan fingerprint density at radius 3 is 2.48 bits per heavy atom. The van der Waals surface area contributed by atoms with Gasteiger partial charge >= 0.3 is 5.69 Å². The highest BCUT2D eigenvalue weighted by molar-refractivity contribution is 7.16. The zero-order chi connectivity index (χ0) is 28.1. The van der Waals surface area contributed by atoms with Crippen LogP contribution in [0.3, 0.4) is 0 Å². The van der Waals surface area contributed by atoms with Gasteiger partial charge in [-0.2, -0.15) is 0 Å². The van der Waals surface area contributed by atoms with Crippen LogP contribution in [-0.2, 0) is 19.4 Å². The fourth-order valence-corrected chi connectivity index (χ4v) is 5.75. The van der Waals surface area contributed by atoms with E-state index in [9.17, 15) is 25.0 Å². The van der Waals surface area contributed by atoms with Crippen LogP contribution < -0.4 is 10.1 Å². The normalized spacial score (nSPS) is 12.6. The molecule has 202 valence electrons. The molecule has 10 nitrogen and oxygen atoms in total. The summed E-state index contributed by atoms with van der Waals surface area (Å²) in [6, 6.07) is 19.7. The molecular weight excluding hydrogens is 532 g/mol. The summed E-state index contributed by atoms with van der Waals surface area (Å²) in [6.07, 6.45) is 5.36. The molecule has 0 aliphatic heterocycles. The number of nitrogens with one attached hydrogen (secondary N) is 1. The van der Waals surface area contributed by atoms with E-state index in [0.29, 0.717) is 22.7 Å². The molecule has 1 aromatic heterocycles. The van der Waals surface area contributed by atoms with E-state index in [0.717, 1.165) is 53.8 Å². The first-order valence-electron chi connectivity index (χ1n) is 12.6. The number of benzene rings is 3. The van der Waals surface area contributed by atoms with Crippen LogP contribution in [0.15, 0.2) is 77.8 Å². The highest BCUT2D eigenvalue weighted by atomic mass is 32.1. The van der Waals surface area contributed by atoms with Gasteiger partial charge in [0, 0.05) is 29.3 Å². The molecule has 1 N–H and O–H groups in total. The average Bonchev–Trinajstić information content (AvgIpc) is 3.34. The molecule has 5 rings (SSSR count). The zero-order valence-corrected chi connectivity index (χ0v) is 22.1. The standard InChI is InChI=1S/C29H24N4O6S/c34-28(30-17-19-8-2-1-3-9-19)27-22-11-5-7-13-26(22)40-29(27)31-18-20-10-4-6-12-24(20)39-25-15-14-21(32(35)36)16-23(25)33(37)38/h1-4,6,8-10,12,14-16,18H,5,7,11,13,17H2,(H,30,34). The van der Waals surface area contributed by atoms with Gasteiger partial charge in [0.1, 0.15) is 10.8 Å². The van der Waals surface area contributed by atoms with Gasteiger partial charge in [0.2, 0.25) is 5.75 Å². The van der Waals surface area contributed by atoms with Crippen molar-refractivity contribution in [3.05, 3.63) is 120 Å². The third kappa shape index (κ3) is 5.89. The Kier molecular flexibility index (Phi) is 7.92. The Hall–Kier alpha value is -4.90. The van der Waals surface area contributed by atoms with Gasteiger partial charge in [-0.1, -0.05) is 42.5 Å². The van der Waals surface area contributed by atoms with Crippen molar-refractivity contribution in [2.24, 2.45) is 4.99 Å². The number of aryl methyl sites for hydroxylation is 1. The summed E-state index contributed by atoms with van der Waals surface area (Å²) in [7, 11) is 0. The predicted molar refractivity (Wildman–Crippen MR) is 152 cm³/mol. The molecule has 3 aromatic carbocycles. The van der Waals surface area contributed by atoms with E-state index in [1.54, 1.807) is 30.5 Å². The van der Waals surface area contributed by atoms with Gasteiger partial charge < -0.3 is 10.1 Å². The minimum atomic E-state index is -0.727. The van der Waals surface area contributed by atoms with Gasteiger partial charge in [-0.15, -0.1) is 11.3 Å². The van der Waals surface area contributed by atoms with Crippen LogP contribution in [0.2, 0.25) is 0 Å². The molecule has 0 saturated heterocycles. The minimum Gasteiger partial charge on any atom is -0.449 e. The summed E-state index contributed by atoms with van der Waals surface area (Å²) in [5.41, 5.74) is 2.21. The lowest BCUT2D eigenvalue weighted by Crippen LogP contribution is -2.24. The maximum atomic E-state index is 13.4. The van der Waals surface area contributed by atoms with Gasteiger partial charge in [0.15, 0.2) is 0 Å². The first kappa shape index (κ1) is 26.7. The minimum absolute atomic E-state index is 0.135. The molecule has 1 aliphatic rings. The van der Waals surface area contributed by atoms with Crippen molar-refractivity contribution in [1.82, 2.24) is 5.32 Å². The molecule has 0 atom stereocenters. The Balaban J connectivity index is 1.44. The number of rotatable bonds is 9. The molecule has 1 heterocycles. The molecule has 0 spiro atoms. The second kappa shape index (κ2) is 11.9. The third-order valence-corrected chi connectivity index (χ3v) is 7.69. The number of ether oxygens (including phenoxy) is 1. The van der Waals surface area contributed by atoms with Crippen molar-refractivity contribution in [2.45, 2.75) is 32.2 Å². The van der Waals surface area contributed by atoms with E-state index in [1.807, 2.05) is 30.3 Å². The molecule has 0 radical (unpaired) electrons. The van der Waals surface area contributed by atoms with Gasteiger partial charge in [0.05, 0.1) is 21.5 Å². The first-order valence-corrected chi connectivity index (χ1v) is 13.4. The van der Waals surface area contributed by atoms with E-state index in [1.165, 1.54) is 17.4 Å². The van der Waals surface area contributed by atoms with Crippen molar-refractivity contribution in [1.29, 1.82) is 0 Å². The second-order valence-corrected chi connectivity index (χ2v) is 10.2. The summed E-state index contributed by atoms with van der Waals surface area (Å²) >= 11 is 1.50. The van der Waals surface area contributed by atoms with Crippen LogP contribution in [0.1, 0.15) is 44.8 Å². The molecule has 4 aromatic rings. The van der Waals surface area contributed by atoms with Crippen molar-refractivity contribution in [3.8, 4) is 11.5 Å². The lowest BCUT2D eigenvalue weighted by molar-refractivity contribution is -0.394. The largest absolute Gasteiger partial charge is 0.449 e. The van der Waals surface area contributed by atoms with Crippen molar-refractivity contribution < 1.29 is 19.4 Å². The number of nitro benzene ring substituents is 2. The predicted octanol–water partition coefficient (Wildman–Crippen LogP) is 6.92. The summed E-state index contributed by atoms with van der Waals surface area (Å²) in [6.45, 7) is 0.401. The monoisotopic (exact) mass is 556 g/mol. The van der Waals surface area contributed by atoms with Gasteiger partial charge in [-0.25, -0.2) is 4.99 Å². The van der Waals surface area contributed by atoms with E-state index < -0.39 is 21.2 Å². The number of thiophene rings is 1. The summed E-state index contributed by atoms with van der Waals surface area (Å²) in [5.74, 6) is -0.0370. The van der Waals surface area contributed by atoms with E-state index in [2.05, 4.69) is 10.3 Å². The number of carbonyl (C=O) groups is 1. The third-order valence-electron chi connectivity index (χ3n) is 6.49. The van der Waals surface area contributed by atoms with Gasteiger partial charge in [-0.3, -0.25) is 25.0 Å². The lowest BCUT2D eigenvalue weighted by Gasteiger charge is -2.13. The lowest BCUT2D eigenvalue weighted by atomic mass is 9.95. The maximum absolute atomic E-state index is 13.4. The number of para-hydroxylation sites is 1. The summed E-state index contributed by atoms with van der Waals surface area (Å²) in [5, 5.41) is 26.3. The van der Waals surface area contributed by atoms with Crippen LogP contribution in [0.5, 0.6) is 11.5 Å². The molecule has 11 heteroatoms. The van der Waals surface area contributed by atoms with Gasteiger partial charge in [-0.05, 0) is 55.0 Å². The Morgan fingerprint density at radius 1 is 0.950 bits per heavy atom. The number of amides is 1. The second-order valence-electron chi connectivity index (χ2n) is 9.12. The van der Waals surface area contributed by atoms with Crippen molar-refractivity contribution >= 4 is 39.8 Å². The highest BCUT2D eigenvalue weighted by Gasteiger charge is 2.25. The highest BCUT2D eigenvalue weighted by Crippen LogP contribution is 2.40. The van der Waals surface area contributed by atoms with E-state index >= 15 is 0 Å². The Morgan fingerprint density at radius 2 is 1.70 bits per heavy atom. The molecule has 0 bridgehead atoms. The molecule has 1 aliphatic carbocycles. The maximum Gasteiger partial charge on any atom is 0.318 e. The quantitative estimate of drug-likeness (QED) is 0.135. The Labute approximate surface area is 233 Å². The van der Waals surface area contributed by atoms with Crippen LogP contribution in [-0.4, -0.2) is 22.0 Å². The summed E-state index contributed by atoms with van der Waals surface area (Å²) in [4.78, 5) is 40.4. The Bertz CT molecular complexity index is 1620. The number of aliphatic imine (C=N–C) groups is 1. The van der Waals surface area contributed by atoms with Crippen LogP contribution in [0, 0.1) is 20.2 Å².